The van der Waals surface area contributed by atoms with Gasteiger partial charge in [-0.3, -0.25) is 19.8 Å². The molecular formula is C29H30N6O4. The van der Waals surface area contributed by atoms with Crippen molar-refractivity contribution in [1.29, 1.82) is 5.41 Å². The number of imidazole rings is 1. The molecule has 39 heavy (non-hydrogen) atoms. The number of amides is 2. The molecule has 4 rings (SSSR count). The number of aromatic nitrogens is 2. The number of nitrogens with zero attached hydrogens (tertiary/aromatic N) is 2. The monoisotopic (exact) mass is 526 g/mol. The summed E-state index contributed by atoms with van der Waals surface area (Å²) < 4.78 is 6.41. The van der Waals surface area contributed by atoms with Crippen LogP contribution < -0.4 is 16.8 Å². The lowest BCUT2D eigenvalue weighted by Crippen LogP contribution is -2.28. The number of hydrogen-bond acceptors (Lipinski definition) is 6. The smallest absolute Gasteiger partial charge is 0.307 e. The van der Waals surface area contributed by atoms with Gasteiger partial charge in [-0.15, -0.1) is 0 Å². The number of nitrogens with one attached hydrogen (secondary N) is 2. The molecule has 1 unspecified atom stereocenters. The summed E-state index contributed by atoms with van der Waals surface area (Å²) in [6.07, 6.45) is 1.12. The number of amidine groups is 1. The van der Waals surface area contributed by atoms with Crippen LogP contribution in [0.15, 0.2) is 72.8 Å². The molecule has 0 saturated heterocycles. The van der Waals surface area contributed by atoms with E-state index in [1.807, 2.05) is 34.9 Å². The fourth-order valence-corrected chi connectivity index (χ4v) is 4.39. The number of rotatable bonds is 11. The molecule has 0 spiro atoms. The summed E-state index contributed by atoms with van der Waals surface area (Å²) >= 11 is 0. The van der Waals surface area contributed by atoms with Gasteiger partial charge in [-0.25, -0.2) is 4.98 Å². The quantitative estimate of drug-likeness (QED) is 0.133. The van der Waals surface area contributed by atoms with Crippen molar-refractivity contribution in [3.05, 3.63) is 89.5 Å². The Labute approximate surface area is 225 Å². The van der Waals surface area contributed by atoms with Gasteiger partial charge < -0.3 is 26.1 Å². The van der Waals surface area contributed by atoms with Crippen molar-refractivity contribution in [2.24, 2.45) is 11.5 Å². The lowest BCUT2D eigenvalue weighted by atomic mass is 10.0. The summed E-state index contributed by atoms with van der Waals surface area (Å²) in [4.78, 5) is 41.7. The number of benzene rings is 3. The molecular weight excluding hydrogens is 496 g/mol. The Hall–Kier alpha value is -4.99. The summed E-state index contributed by atoms with van der Waals surface area (Å²) in [6.45, 7) is 0.134. The van der Waals surface area contributed by atoms with Crippen molar-refractivity contribution in [2.75, 3.05) is 13.7 Å². The Kier molecular flexibility index (Phi) is 8.35. The van der Waals surface area contributed by atoms with E-state index in [0.717, 1.165) is 5.56 Å². The van der Waals surface area contributed by atoms with Crippen LogP contribution in [-0.2, 0) is 20.7 Å². The van der Waals surface area contributed by atoms with Gasteiger partial charge in [-0.05, 0) is 36.6 Å². The summed E-state index contributed by atoms with van der Waals surface area (Å²) in [7, 11) is 1.29. The lowest BCUT2D eigenvalue weighted by Gasteiger charge is -2.19. The third kappa shape index (κ3) is 6.30. The summed E-state index contributed by atoms with van der Waals surface area (Å²) in [5.41, 5.74) is 15.4. The van der Waals surface area contributed by atoms with Gasteiger partial charge in [0.05, 0.1) is 24.6 Å². The van der Waals surface area contributed by atoms with Crippen molar-refractivity contribution < 1.29 is 19.1 Å². The van der Waals surface area contributed by atoms with E-state index in [9.17, 15) is 14.4 Å². The second-order valence-corrected chi connectivity index (χ2v) is 9.02. The van der Waals surface area contributed by atoms with Crippen LogP contribution in [0, 0.1) is 5.41 Å². The van der Waals surface area contributed by atoms with E-state index in [4.69, 9.17) is 21.9 Å². The number of methoxy groups -OCH3 is 1. The van der Waals surface area contributed by atoms with Gasteiger partial charge >= 0.3 is 5.97 Å². The molecule has 6 N–H and O–H groups in total. The Morgan fingerprint density at radius 1 is 1.00 bits per heavy atom. The fourth-order valence-electron chi connectivity index (χ4n) is 4.39. The van der Waals surface area contributed by atoms with Gasteiger partial charge in [0.25, 0.3) is 5.91 Å². The molecule has 10 nitrogen and oxygen atoms in total. The maximum Gasteiger partial charge on any atom is 0.307 e. The van der Waals surface area contributed by atoms with Crippen molar-refractivity contribution in [3.63, 3.8) is 0 Å². The van der Waals surface area contributed by atoms with Crippen LogP contribution in [0.5, 0.6) is 0 Å². The Morgan fingerprint density at radius 3 is 2.33 bits per heavy atom. The maximum atomic E-state index is 12.8. The molecule has 10 heteroatoms. The molecule has 1 heterocycles. The van der Waals surface area contributed by atoms with Crippen molar-refractivity contribution >= 4 is 34.7 Å². The van der Waals surface area contributed by atoms with Crippen LogP contribution in [0.2, 0.25) is 0 Å². The molecule has 0 aliphatic heterocycles. The number of ether oxygens (including phenoxy) is 1. The number of aryl methyl sites for hydroxylation is 1. The minimum absolute atomic E-state index is 0.0568. The number of nitrogens with two attached hydrogens (primary N) is 2. The van der Waals surface area contributed by atoms with Gasteiger partial charge in [-0.2, -0.15) is 0 Å². The van der Waals surface area contributed by atoms with E-state index in [0.29, 0.717) is 46.4 Å². The van der Waals surface area contributed by atoms with Crippen LogP contribution in [0.4, 0.5) is 0 Å². The van der Waals surface area contributed by atoms with Crippen LogP contribution in [-0.4, -0.2) is 46.8 Å². The third-order valence-corrected chi connectivity index (χ3v) is 6.44. The lowest BCUT2D eigenvalue weighted by molar-refractivity contribution is -0.140. The number of carbonyl (C=O) groups excluding carboxylic acids is 3. The molecule has 0 bridgehead atoms. The van der Waals surface area contributed by atoms with Crippen molar-refractivity contribution in [1.82, 2.24) is 14.9 Å². The van der Waals surface area contributed by atoms with Gasteiger partial charge in [0.1, 0.15) is 17.7 Å². The predicted molar refractivity (Wildman–Crippen MR) is 148 cm³/mol. The topological polar surface area (TPSA) is 166 Å². The summed E-state index contributed by atoms with van der Waals surface area (Å²) in [6, 6.07) is 21.1. The first-order valence-electron chi connectivity index (χ1n) is 12.4. The zero-order valence-corrected chi connectivity index (χ0v) is 21.5. The number of nitrogen functional groups attached to an aromatic ring is 1. The third-order valence-electron chi connectivity index (χ3n) is 6.44. The first-order chi connectivity index (χ1) is 18.8. The minimum atomic E-state index is -0.711. The number of hydrogen-bond donors (Lipinski definition) is 4. The first-order valence-corrected chi connectivity index (χ1v) is 12.4. The normalized spacial score (nSPS) is 11.6. The first kappa shape index (κ1) is 27.1. The van der Waals surface area contributed by atoms with E-state index in [1.165, 1.54) is 7.11 Å². The second-order valence-electron chi connectivity index (χ2n) is 9.02. The molecule has 2 amide bonds. The molecule has 4 aromatic rings. The number of carbonyl (C=O) groups is 3. The van der Waals surface area contributed by atoms with E-state index in [2.05, 4.69) is 10.1 Å². The van der Waals surface area contributed by atoms with Gasteiger partial charge in [0.2, 0.25) is 5.91 Å². The van der Waals surface area contributed by atoms with Gasteiger partial charge in [0.15, 0.2) is 0 Å². The van der Waals surface area contributed by atoms with Gasteiger partial charge in [0, 0.05) is 23.2 Å². The maximum absolute atomic E-state index is 12.8. The average molecular weight is 527 g/mol. The van der Waals surface area contributed by atoms with Crippen molar-refractivity contribution in [3.8, 4) is 11.4 Å². The Balaban J connectivity index is 1.74. The average Bonchev–Trinajstić information content (AvgIpc) is 3.32. The highest BCUT2D eigenvalue weighted by atomic mass is 16.5. The molecule has 1 aromatic heterocycles. The second kappa shape index (κ2) is 12.0. The molecule has 0 saturated carbocycles. The summed E-state index contributed by atoms with van der Waals surface area (Å²) in [5, 5.41) is 10.4. The van der Waals surface area contributed by atoms with E-state index in [1.54, 1.807) is 42.5 Å². The molecule has 0 aliphatic rings. The molecule has 3 aromatic carbocycles. The molecule has 0 radical (unpaired) electrons. The van der Waals surface area contributed by atoms with Gasteiger partial charge in [-0.1, -0.05) is 54.6 Å². The Morgan fingerprint density at radius 2 is 1.69 bits per heavy atom. The molecule has 1 atom stereocenters. The highest BCUT2D eigenvalue weighted by molar-refractivity contribution is 5.99. The molecule has 0 aliphatic carbocycles. The predicted octanol–water partition coefficient (Wildman–Crippen LogP) is 2.94. The largest absolute Gasteiger partial charge is 0.469 e. The fraction of sp³-hybridized carbons (Fsp3) is 0.207. The number of esters is 1. The van der Waals surface area contributed by atoms with E-state index in [-0.39, 0.29) is 24.7 Å². The number of primary amides is 1. The number of fused-ring (bicyclic) bond motifs is 1. The highest BCUT2D eigenvalue weighted by Crippen LogP contribution is 2.31. The summed E-state index contributed by atoms with van der Waals surface area (Å²) in [5.74, 6) is -0.844. The standard InChI is InChI=1S/C29H30N6O4/c1-39-25(36)15-16-33-29(38)21-12-14-23-22(17-21)34-28(20-10-8-19(9-11-20)26(30)31)35(23)24(27(32)37)13-7-18-5-3-2-4-6-18/h2-6,8-12,14,17,24H,7,13,15-16H2,1H3,(H3,30,31)(H2,32,37)(H,33,38). The Bertz CT molecular complexity index is 1510. The van der Waals surface area contributed by atoms with Crippen LogP contribution in [0.1, 0.15) is 40.4 Å². The SMILES string of the molecule is COC(=O)CCNC(=O)c1ccc2c(c1)nc(-c1ccc(C(=N)N)cc1)n2C(CCc1ccccc1)C(N)=O. The molecule has 200 valence electrons. The van der Waals surface area contributed by atoms with Crippen LogP contribution in [0.3, 0.4) is 0 Å². The highest BCUT2D eigenvalue weighted by Gasteiger charge is 2.25. The zero-order valence-electron chi connectivity index (χ0n) is 21.5. The zero-order chi connectivity index (χ0) is 27.9. The van der Waals surface area contributed by atoms with Crippen LogP contribution in [0.25, 0.3) is 22.4 Å². The van der Waals surface area contributed by atoms with E-state index < -0.39 is 17.9 Å². The minimum Gasteiger partial charge on any atom is -0.469 e. The van der Waals surface area contributed by atoms with Crippen molar-refractivity contribution in [2.45, 2.75) is 25.3 Å². The van der Waals surface area contributed by atoms with Crippen LogP contribution >= 0.6 is 0 Å². The molecule has 0 fully saturated rings. The van der Waals surface area contributed by atoms with E-state index >= 15 is 0 Å².